The maximum atomic E-state index is 8.95. The summed E-state index contributed by atoms with van der Waals surface area (Å²) >= 11 is 0. The molecule has 0 aromatic carbocycles. The van der Waals surface area contributed by atoms with Crippen LogP contribution in [0.4, 0.5) is 0 Å². The summed E-state index contributed by atoms with van der Waals surface area (Å²) < 4.78 is 25.2. The average Bonchev–Trinajstić information content (AvgIpc) is 2.20. The first-order valence-electron chi connectivity index (χ1n) is 6.38. The normalized spacial score (nSPS) is 10.2. The fraction of sp³-hybridized carbons (Fsp3) is 0.917. The molecular weight excluding hydrogens is 283 g/mol. The molecule has 0 saturated heterocycles. The van der Waals surface area contributed by atoms with Crippen LogP contribution in [0.3, 0.4) is 0 Å². The summed E-state index contributed by atoms with van der Waals surface area (Å²) in [5.41, 5.74) is 0. The van der Waals surface area contributed by atoms with Crippen LogP contribution >= 0.6 is 10.7 Å². The maximum absolute atomic E-state index is 8.95. The van der Waals surface area contributed by atoms with E-state index in [4.69, 9.17) is 13.0 Å². The van der Waals surface area contributed by atoms with Crippen LogP contribution in [0.2, 0.25) is 0 Å². The minimum atomic E-state index is -4.19. The van der Waals surface area contributed by atoms with Crippen molar-refractivity contribution in [2.75, 3.05) is 0 Å². The number of unbranched alkanes of at least 4 members (excludes halogenated alkanes) is 9. The van der Waals surface area contributed by atoms with Crippen molar-refractivity contribution >= 4 is 20.0 Å². The first kappa shape index (κ1) is 24.2. The van der Waals surface area contributed by atoms with Gasteiger partial charge in [0.25, 0.3) is 0 Å². The topological polar surface area (TPSA) is 54.4 Å². The monoisotopic (exact) mass is 308 g/mol. The van der Waals surface area contributed by atoms with Crippen LogP contribution in [0.25, 0.3) is 0 Å². The minimum absolute atomic E-state index is 0. The van der Waals surface area contributed by atoms with E-state index in [1.54, 1.807) is 0 Å². The second-order valence-electron chi connectivity index (χ2n) is 4.09. The van der Waals surface area contributed by atoms with E-state index in [1.165, 1.54) is 57.8 Å². The second-order valence-corrected chi connectivity index (χ2v) is 6.09. The van der Waals surface area contributed by atoms with Gasteiger partial charge in [-0.1, -0.05) is 64.7 Å². The van der Waals surface area contributed by atoms with Crippen LogP contribution in [0.15, 0.2) is 0 Å². The quantitative estimate of drug-likeness (QED) is 0.232. The van der Waals surface area contributed by atoms with Gasteiger partial charge in [-0.2, -0.15) is 14.8 Å². The molecule has 0 aromatic rings. The van der Waals surface area contributed by atoms with Crippen LogP contribution in [-0.4, -0.2) is 13.0 Å². The summed E-state index contributed by atoms with van der Waals surface area (Å²) in [5.74, 6) is 0. The number of hydrogen-bond acceptors (Lipinski definition) is 2. The molecule has 0 fully saturated rings. The van der Waals surface area contributed by atoms with Gasteiger partial charge in [-0.05, 0) is 0 Å². The molecule has 0 bridgehead atoms. The molecule has 6 heteroatoms. The summed E-state index contributed by atoms with van der Waals surface area (Å²) in [5, 5.41) is 0. The summed E-state index contributed by atoms with van der Waals surface area (Å²) in [6.45, 7) is 6.12. The zero-order chi connectivity index (χ0) is 13.6. The van der Waals surface area contributed by atoms with Crippen LogP contribution < -0.4 is 29.6 Å². The third-order valence-corrected chi connectivity index (χ3v) is 2.35. The van der Waals surface area contributed by atoms with Gasteiger partial charge in [0, 0.05) is 10.7 Å². The van der Waals surface area contributed by atoms with Crippen molar-refractivity contribution in [1.29, 1.82) is 0 Å². The Labute approximate surface area is 140 Å². The number of rotatable bonds is 9. The predicted molar refractivity (Wildman–Crippen MR) is 74.6 cm³/mol. The summed E-state index contributed by atoms with van der Waals surface area (Å²) in [7, 11) is -0.137. The van der Waals surface area contributed by atoms with Crippen molar-refractivity contribution in [3.63, 3.8) is 0 Å². The Kier molecular flexibility index (Phi) is 24.5. The van der Waals surface area contributed by atoms with Crippen molar-refractivity contribution in [1.82, 2.24) is 0 Å². The zero-order valence-electron chi connectivity index (χ0n) is 11.8. The van der Waals surface area contributed by atoms with E-state index in [9.17, 15) is 0 Å². The van der Waals surface area contributed by atoms with E-state index in [1.807, 2.05) is 0 Å². The molecule has 0 atom stereocenters. The molecule has 0 rings (SSSR count). The van der Waals surface area contributed by atoms with Gasteiger partial charge in [0.05, 0.1) is 0 Å². The van der Waals surface area contributed by atoms with E-state index < -0.39 is 9.33 Å². The van der Waals surface area contributed by atoms with Crippen molar-refractivity contribution in [2.24, 2.45) is 0 Å². The van der Waals surface area contributed by atoms with E-state index >= 15 is 0 Å². The van der Waals surface area contributed by atoms with Gasteiger partial charge in [-0.25, -0.2) is 0 Å². The first-order valence-corrected chi connectivity index (χ1v) is 8.64. The third kappa shape index (κ3) is 43.4. The molecule has 0 unspecified atom stereocenters. The molecule has 3 nitrogen and oxygen atoms in total. The number of hydrogen-bond donors (Lipinski definition) is 1. The molecule has 0 amide bonds. The Morgan fingerprint density at radius 3 is 1.50 bits per heavy atom. The molecule has 0 aromatic heterocycles. The van der Waals surface area contributed by atoms with Gasteiger partial charge < -0.3 is 6.92 Å². The van der Waals surface area contributed by atoms with Crippen LogP contribution in [-0.2, 0) is 9.33 Å². The Morgan fingerprint density at radius 1 is 0.944 bits per heavy atom. The molecule has 0 spiro atoms. The molecule has 0 aliphatic heterocycles. The van der Waals surface area contributed by atoms with Crippen LogP contribution in [0, 0.1) is 6.92 Å². The zero-order valence-corrected chi connectivity index (χ0v) is 15.4. The molecule has 0 radical (unpaired) electrons. The maximum Gasteiger partial charge on any atom is 1.00 e. The van der Waals surface area contributed by atoms with Crippen LogP contribution in [0.5, 0.6) is 0 Å². The Balaban J connectivity index is -0.000000321. The first-order chi connectivity index (χ1) is 7.91. The Bertz CT molecular complexity index is 215. The average molecular weight is 309 g/mol. The molecule has 0 heterocycles. The van der Waals surface area contributed by atoms with Gasteiger partial charge in [0.2, 0.25) is 0 Å². The van der Waals surface area contributed by atoms with Crippen LogP contribution in [0.1, 0.15) is 71.1 Å². The minimum Gasteiger partial charge on any atom is -0.343 e. The van der Waals surface area contributed by atoms with Crippen molar-refractivity contribution in [2.45, 2.75) is 71.1 Å². The predicted octanol–water partition coefficient (Wildman–Crippen LogP) is 1.77. The van der Waals surface area contributed by atoms with Gasteiger partial charge in [0.15, 0.2) is 0 Å². The fourth-order valence-electron chi connectivity index (χ4n) is 1.49. The van der Waals surface area contributed by atoms with Gasteiger partial charge >= 0.3 is 38.9 Å². The van der Waals surface area contributed by atoms with Crippen molar-refractivity contribution in [3.05, 3.63) is 6.92 Å². The summed E-state index contributed by atoms with van der Waals surface area (Å²) in [6.07, 6.45) is 13.9. The largest absolute Gasteiger partial charge is 1.00 e. The van der Waals surface area contributed by atoms with Crippen molar-refractivity contribution in [3.8, 4) is 0 Å². The Morgan fingerprint density at radius 2 is 1.22 bits per heavy atom. The Hall–Kier alpha value is 1.20. The molecule has 1 N–H and O–H groups in total. The number of halogens is 1. The standard InChI is InChI=1S/C12H25.ClHO3S.Na/c1-3-5-7-9-11-12-10-8-6-4-2;1-5(2,3)4;/h1,3-12H2,2H3;(H,2,3,4);/q-1;;+1. The van der Waals surface area contributed by atoms with E-state index in [-0.39, 0.29) is 29.6 Å². The SMILES string of the molecule is O=S(=O)(O)Cl.[CH2-]CCCCCCCCCCC.[Na+]. The summed E-state index contributed by atoms with van der Waals surface area (Å²) in [4.78, 5) is 0. The molecule has 0 saturated carbocycles. The molecule has 0 aliphatic rings. The smallest absolute Gasteiger partial charge is 0.343 e. The molecule has 106 valence electrons. The van der Waals surface area contributed by atoms with Crippen molar-refractivity contribution < 1.29 is 42.5 Å². The fourth-order valence-corrected chi connectivity index (χ4v) is 1.49. The van der Waals surface area contributed by atoms with Gasteiger partial charge in [-0.15, -0.1) is 0 Å². The third-order valence-electron chi connectivity index (χ3n) is 2.35. The van der Waals surface area contributed by atoms with Gasteiger partial charge in [-0.3, -0.25) is 4.55 Å². The molecule has 0 aliphatic carbocycles. The molecular formula is C12H26ClNaO3S. The van der Waals surface area contributed by atoms with E-state index in [2.05, 4.69) is 24.5 Å². The summed E-state index contributed by atoms with van der Waals surface area (Å²) in [6, 6.07) is 0. The van der Waals surface area contributed by atoms with Gasteiger partial charge in [0.1, 0.15) is 0 Å². The van der Waals surface area contributed by atoms with E-state index in [0.29, 0.717) is 0 Å². The van der Waals surface area contributed by atoms with E-state index in [0.717, 1.165) is 6.42 Å². The molecule has 18 heavy (non-hydrogen) atoms. The second kappa shape index (κ2) is 18.2.